The van der Waals surface area contributed by atoms with Crippen LogP contribution in [-0.4, -0.2) is 48.7 Å². The van der Waals surface area contributed by atoms with E-state index in [1.807, 2.05) is 0 Å². The third-order valence-electron chi connectivity index (χ3n) is 2.37. The van der Waals surface area contributed by atoms with Crippen molar-refractivity contribution in [1.29, 1.82) is 0 Å². The number of carbonyl (C=O) groups is 2. The maximum absolute atomic E-state index is 11.4. The molecule has 84 valence electrons. The Morgan fingerprint density at radius 3 is 2.87 bits per heavy atom. The highest BCUT2D eigenvalue weighted by Gasteiger charge is 2.24. The number of carboxylic acids is 1. The first kappa shape index (κ1) is 11.7. The predicted octanol–water partition coefficient (Wildman–Crippen LogP) is 0.122. The van der Waals surface area contributed by atoms with Gasteiger partial charge in [0.15, 0.2) is 0 Å². The number of rotatable bonds is 4. The molecule has 1 aliphatic rings. The number of aliphatic carboxylic acids is 1. The Labute approximate surface area is 88.3 Å². The number of carbonyl (C=O) groups excluding carboxylic acids is 1. The summed E-state index contributed by atoms with van der Waals surface area (Å²) in [7, 11) is 1.63. The summed E-state index contributed by atoms with van der Waals surface area (Å²) < 4.78 is 5.00. The van der Waals surface area contributed by atoms with Crippen molar-refractivity contribution in [3.63, 3.8) is 0 Å². The number of likely N-dealkylation sites (tertiary alicyclic amines) is 1. The van der Waals surface area contributed by atoms with E-state index in [1.165, 1.54) is 0 Å². The van der Waals surface area contributed by atoms with Crippen LogP contribution in [0.25, 0.3) is 0 Å². The van der Waals surface area contributed by atoms with Gasteiger partial charge in [0.25, 0.3) is 0 Å². The third-order valence-corrected chi connectivity index (χ3v) is 2.37. The minimum absolute atomic E-state index is 0.240. The Hall–Kier alpha value is -1.36. The second-order valence-corrected chi connectivity index (χ2v) is 3.57. The van der Waals surface area contributed by atoms with Gasteiger partial charge >= 0.3 is 5.97 Å². The molecule has 0 bridgehead atoms. The van der Waals surface area contributed by atoms with E-state index >= 15 is 0 Å². The maximum atomic E-state index is 11.4. The van der Waals surface area contributed by atoms with E-state index < -0.39 is 5.97 Å². The molecule has 0 radical (unpaired) electrons. The molecule has 0 aromatic carbocycles. The van der Waals surface area contributed by atoms with E-state index in [0.717, 1.165) is 18.6 Å². The van der Waals surface area contributed by atoms with Crippen LogP contribution in [0.1, 0.15) is 6.42 Å². The fraction of sp³-hybridized carbons (Fsp3) is 0.600. The summed E-state index contributed by atoms with van der Waals surface area (Å²) in [6.45, 7) is 1.97. The topological polar surface area (TPSA) is 66.8 Å². The van der Waals surface area contributed by atoms with Crippen LogP contribution in [0.2, 0.25) is 0 Å². The summed E-state index contributed by atoms with van der Waals surface area (Å²) in [6, 6.07) is 0. The van der Waals surface area contributed by atoms with Crippen molar-refractivity contribution in [1.82, 2.24) is 4.90 Å². The van der Waals surface area contributed by atoms with Gasteiger partial charge in [-0.1, -0.05) is 0 Å². The Kier molecular flexibility index (Phi) is 4.30. The largest absolute Gasteiger partial charge is 0.478 e. The number of hydrogen-bond acceptors (Lipinski definition) is 3. The van der Waals surface area contributed by atoms with Crippen LogP contribution in [0.3, 0.4) is 0 Å². The van der Waals surface area contributed by atoms with Crippen molar-refractivity contribution in [2.75, 3.05) is 26.8 Å². The molecule has 0 unspecified atom stereocenters. The highest BCUT2D eigenvalue weighted by Crippen LogP contribution is 2.16. The predicted molar refractivity (Wildman–Crippen MR) is 53.3 cm³/mol. The minimum atomic E-state index is -1.10. The zero-order chi connectivity index (χ0) is 11.3. The van der Waals surface area contributed by atoms with Crippen molar-refractivity contribution in [3.8, 4) is 0 Å². The number of hydrogen-bond donors (Lipinski definition) is 1. The monoisotopic (exact) mass is 213 g/mol. The zero-order valence-corrected chi connectivity index (χ0v) is 8.68. The smallest absolute Gasteiger partial charge is 0.328 e. The van der Waals surface area contributed by atoms with Gasteiger partial charge in [-0.2, -0.15) is 0 Å². The van der Waals surface area contributed by atoms with E-state index in [2.05, 4.69) is 0 Å². The standard InChI is InChI=1S/C10H15NO4/c1-15-7-8-4-5-11(6-8)9(12)2-3-10(13)14/h2-3,8H,4-7H2,1H3,(H,13,14)/b3-2+/t8-/m0/s1. The summed E-state index contributed by atoms with van der Waals surface area (Å²) in [6.07, 6.45) is 2.88. The van der Waals surface area contributed by atoms with Gasteiger partial charge in [-0.25, -0.2) is 4.79 Å². The molecule has 1 rings (SSSR count). The number of methoxy groups -OCH3 is 1. The molecule has 0 saturated carbocycles. The van der Waals surface area contributed by atoms with E-state index in [4.69, 9.17) is 9.84 Å². The molecule has 5 heteroatoms. The molecular weight excluding hydrogens is 198 g/mol. The normalized spacial score (nSPS) is 21.1. The third kappa shape index (κ3) is 3.71. The Balaban J connectivity index is 2.39. The van der Waals surface area contributed by atoms with E-state index in [1.54, 1.807) is 12.0 Å². The SMILES string of the molecule is COC[C@H]1CCN(C(=O)/C=C/C(=O)O)C1. The fourth-order valence-electron chi connectivity index (χ4n) is 1.65. The number of carboxylic acid groups (broad SMARTS) is 1. The number of nitrogens with zero attached hydrogens (tertiary/aromatic N) is 1. The Bertz CT molecular complexity index is 275. The van der Waals surface area contributed by atoms with Gasteiger partial charge in [0.1, 0.15) is 0 Å². The van der Waals surface area contributed by atoms with Crippen molar-refractivity contribution in [2.45, 2.75) is 6.42 Å². The lowest BCUT2D eigenvalue weighted by atomic mass is 10.1. The molecule has 5 nitrogen and oxygen atoms in total. The van der Waals surface area contributed by atoms with Gasteiger partial charge < -0.3 is 14.7 Å². The quantitative estimate of drug-likeness (QED) is 0.674. The highest BCUT2D eigenvalue weighted by atomic mass is 16.5. The van der Waals surface area contributed by atoms with Crippen LogP contribution in [-0.2, 0) is 14.3 Å². The summed E-state index contributed by atoms with van der Waals surface area (Å²) in [5.74, 6) is -0.968. The summed E-state index contributed by atoms with van der Waals surface area (Å²) >= 11 is 0. The molecule has 0 aromatic rings. The van der Waals surface area contributed by atoms with Crippen LogP contribution in [0.15, 0.2) is 12.2 Å². The van der Waals surface area contributed by atoms with Gasteiger partial charge in [0.05, 0.1) is 6.61 Å². The molecule has 1 amide bonds. The van der Waals surface area contributed by atoms with Crippen molar-refractivity contribution < 1.29 is 19.4 Å². The Morgan fingerprint density at radius 2 is 2.27 bits per heavy atom. The lowest BCUT2D eigenvalue weighted by Crippen LogP contribution is -2.27. The minimum Gasteiger partial charge on any atom is -0.478 e. The van der Waals surface area contributed by atoms with E-state index in [-0.39, 0.29) is 5.91 Å². The molecule has 1 saturated heterocycles. The molecule has 0 aliphatic carbocycles. The van der Waals surface area contributed by atoms with Crippen LogP contribution in [0.5, 0.6) is 0 Å². The van der Waals surface area contributed by atoms with Gasteiger partial charge in [0.2, 0.25) is 5.91 Å². The second-order valence-electron chi connectivity index (χ2n) is 3.57. The molecule has 1 heterocycles. The lowest BCUT2D eigenvalue weighted by Gasteiger charge is -2.13. The van der Waals surface area contributed by atoms with Crippen LogP contribution >= 0.6 is 0 Å². The zero-order valence-electron chi connectivity index (χ0n) is 8.68. The summed E-state index contributed by atoms with van der Waals surface area (Å²) in [5.41, 5.74) is 0. The molecular formula is C10H15NO4. The van der Waals surface area contributed by atoms with Crippen molar-refractivity contribution in [3.05, 3.63) is 12.2 Å². The molecule has 1 atom stereocenters. The second kappa shape index (κ2) is 5.50. The van der Waals surface area contributed by atoms with Crippen LogP contribution in [0.4, 0.5) is 0 Å². The van der Waals surface area contributed by atoms with Gasteiger partial charge in [-0.3, -0.25) is 4.79 Å². The Morgan fingerprint density at radius 1 is 1.53 bits per heavy atom. The first-order chi connectivity index (χ1) is 7.13. The molecule has 1 aliphatic heterocycles. The lowest BCUT2D eigenvalue weighted by molar-refractivity contribution is -0.132. The van der Waals surface area contributed by atoms with Crippen LogP contribution < -0.4 is 0 Å². The van der Waals surface area contributed by atoms with Gasteiger partial charge in [-0.15, -0.1) is 0 Å². The van der Waals surface area contributed by atoms with Gasteiger partial charge in [0, 0.05) is 38.3 Å². The van der Waals surface area contributed by atoms with Crippen LogP contribution in [0, 0.1) is 5.92 Å². The summed E-state index contributed by atoms with van der Waals surface area (Å²) in [5, 5.41) is 8.36. The van der Waals surface area contributed by atoms with E-state index in [0.29, 0.717) is 25.6 Å². The summed E-state index contributed by atoms with van der Waals surface area (Å²) in [4.78, 5) is 23.3. The number of amides is 1. The molecule has 0 aromatic heterocycles. The highest BCUT2D eigenvalue weighted by molar-refractivity contribution is 5.94. The maximum Gasteiger partial charge on any atom is 0.328 e. The van der Waals surface area contributed by atoms with E-state index in [9.17, 15) is 9.59 Å². The molecule has 1 N–H and O–H groups in total. The first-order valence-corrected chi connectivity index (χ1v) is 4.82. The van der Waals surface area contributed by atoms with Gasteiger partial charge in [-0.05, 0) is 6.42 Å². The number of ether oxygens (including phenoxy) is 1. The molecule has 15 heavy (non-hydrogen) atoms. The fourth-order valence-corrected chi connectivity index (χ4v) is 1.65. The average molecular weight is 213 g/mol. The van der Waals surface area contributed by atoms with Crippen molar-refractivity contribution in [2.24, 2.45) is 5.92 Å². The molecule has 0 spiro atoms. The first-order valence-electron chi connectivity index (χ1n) is 4.82. The van der Waals surface area contributed by atoms with Crippen molar-refractivity contribution >= 4 is 11.9 Å². The average Bonchev–Trinajstić information content (AvgIpc) is 2.63. The molecule has 1 fully saturated rings.